The standard InChI is InChI=1S/C73H87N11O8S/c1-9-27-92-65-37-58(20-22-62(65)67-49(4)34-57(42-76-67)68-54(36-56(41-77-68)55-12-10-24-74-40-55)19-13-51-16-21-61(47(2)33-51)63-35-48(63)3)75-25-11-26-83-43-59(81-82-83)45-91-32-31-90-30-29-89-28-23-66(86)80-70(73(6,7)8)72(88)84-44-60(85)38-64(84)71(87)78-39-52-14-17-53(18-15-52)69-50(5)79-46-93-69/h10,12-22,24,33-34,36-37,40-43,46,48,60,63-64,70,75,85H,9,11,23,25-32,35,38-39,44-45H2,1-8H3,(H,78,87)(H,80,86)/b19-13+/t48-,60-,63?,64+,70-/m1/s1. The first-order valence-corrected chi connectivity index (χ1v) is 33.2. The maximum absolute atomic E-state index is 14.1. The second-order valence-corrected chi connectivity index (χ2v) is 26.2. The number of thiazole rings is 1. The molecule has 20 heteroatoms. The van der Waals surface area contributed by atoms with Gasteiger partial charge in [0.05, 0.1) is 86.0 Å². The second kappa shape index (κ2) is 31.9. The van der Waals surface area contributed by atoms with Crippen molar-refractivity contribution in [3.8, 4) is 49.8 Å². The van der Waals surface area contributed by atoms with E-state index in [2.05, 4.69) is 131 Å². The van der Waals surface area contributed by atoms with Crippen LogP contribution in [-0.2, 0) is 48.3 Å². The van der Waals surface area contributed by atoms with Gasteiger partial charge in [-0.15, -0.1) is 16.4 Å². The van der Waals surface area contributed by atoms with Gasteiger partial charge in [-0.3, -0.25) is 34.0 Å². The molecule has 2 fully saturated rings. The van der Waals surface area contributed by atoms with Gasteiger partial charge in [-0.25, -0.2) is 4.98 Å². The van der Waals surface area contributed by atoms with Gasteiger partial charge in [0.2, 0.25) is 17.7 Å². The van der Waals surface area contributed by atoms with E-state index in [1.165, 1.54) is 22.4 Å². The van der Waals surface area contributed by atoms with Crippen molar-refractivity contribution in [1.82, 2.24) is 50.5 Å². The molecule has 1 saturated carbocycles. The number of aliphatic hydroxyl groups is 1. The van der Waals surface area contributed by atoms with Gasteiger partial charge in [-0.2, -0.15) is 0 Å². The molecule has 3 aromatic carbocycles. The Morgan fingerprint density at radius 2 is 1.58 bits per heavy atom. The highest BCUT2D eigenvalue weighted by atomic mass is 32.1. The van der Waals surface area contributed by atoms with Crippen molar-refractivity contribution >= 4 is 46.9 Å². The third kappa shape index (κ3) is 18.2. The molecular formula is C73H87N11O8S. The Kier molecular flexibility index (Phi) is 23.1. The monoisotopic (exact) mass is 1280 g/mol. The molecule has 488 valence electrons. The minimum Gasteiger partial charge on any atom is -0.493 e. The predicted molar refractivity (Wildman–Crippen MR) is 364 cm³/mol. The van der Waals surface area contributed by atoms with Crippen LogP contribution in [0.4, 0.5) is 5.69 Å². The topological polar surface area (TPSA) is 230 Å². The average molecular weight is 1280 g/mol. The first kappa shape index (κ1) is 67.4. The van der Waals surface area contributed by atoms with Gasteiger partial charge in [0.15, 0.2) is 0 Å². The number of carbonyl (C=O) groups is 3. The first-order chi connectivity index (χ1) is 45.0. The Morgan fingerprint density at radius 3 is 2.30 bits per heavy atom. The van der Waals surface area contributed by atoms with Gasteiger partial charge in [0, 0.05) is 103 Å². The van der Waals surface area contributed by atoms with Gasteiger partial charge in [-0.1, -0.05) is 101 Å². The fraction of sp³-hybridized carbons (Fsp3) is 0.411. The first-order valence-electron chi connectivity index (χ1n) is 32.3. The number of likely N-dealkylation sites (tertiary alicyclic amines) is 1. The molecule has 5 aromatic heterocycles. The maximum Gasteiger partial charge on any atom is 0.246 e. The van der Waals surface area contributed by atoms with Gasteiger partial charge in [0.1, 0.15) is 23.5 Å². The van der Waals surface area contributed by atoms with Crippen molar-refractivity contribution in [1.29, 1.82) is 0 Å². The number of β-amino-alcohol motifs (C(OH)–C–C–N with tert-alkyl or cyclic N) is 1. The third-order valence-electron chi connectivity index (χ3n) is 16.9. The number of aryl methyl sites for hydroxylation is 4. The molecule has 2 aliphatic rings. The van der Waals surface area contributed by atoms with Crippen molar-refractivity contribution in [2.45, 2.75) is 131 Å². The van der Waals surface area contributed by atoms with Crippen LogP contribution in [0.15, 0.2) is 121 Å². The number of hydrogen-bond acceptors (Lipinski definition) is 16. The Labute approximate surface area is 549 Å². The number of nitrogens with zero attached hydrogens (tertiary/aromatic N) is 8. The van der Waals surface area contributed by atoms with E-state index in [9.17, 15) is 19.5 Å². The summed E-state index contributed by atoms with van der Waals surface area (Å²) in [6.45, 7) is 20.1. The molecule has 10 rings (SSSR count). The van der Waals surface area contributed by atoms with Crippen molar-refractivity contribution in [3.63, 3.8) is 0 Å². The zero-order valence-corrected chi connectivity index (χ0v) is 55.5. The van der Waals surface area contributed by atoms with E-state index in [-0.39, 0.29) is 57.6 Å². The number of aromatic nitrogens is 7. The van der Waals surface area contributed by atoms with Gasteiger partial charge in [-0.05, 0) is 121 Å². The molecule has 1 aliphatic carbocycles. The zero-order chi connectivity index (χ0) is 65.4. The van der Waals surface area contributed by atoms with Crippen LogP contribution in [0.3, 0.4) is 0 Å². The molecule has 1 unspecified atom stereocenters. The summed E-state index contributed by atoms with van der Waals surface area (Å²) in [6, 6.07) is 27.4. The lowest BCUT2D eigenvalue weighted by Crippen LogP contribution is -2.57. The number of hydrogen-bond donors (Lipinski definition) is 4. The summed E-state index contributed by atoms with van der Waals surface area (Å²) in [7, 11) is 0. The minimum absolute atomic E-state index is 0.00834. The largest absolute Gasteiger partial charge is 0.493 e. The summed E-state index contributed by atoms with van der Waals surface area (Å²) >= 11 is 1.58. The van der Waals surface area contributed by atoms with Crippen LogP contribution in [0, 0.1) is 32.1 Å². The van der Waals surface area contributed by atoms with Crippen molar-refractivity contribution in [2.75, 3.05) is 58.0 Å². The van der Waals surface area contributed by atoms with Gasteiger partial charge in [0.25, 0.3) is 0 Å². The van der Waals surface area contributed by atoms with Gasteiger partial charge >= 0.3 is 0 Å². The number of amides is 3. The van der Waals surface area contributed by atoms with E-state index >= 15 is 0 Å². The molecule has 1 aliphatic heterocycles. The van der Waals surface area contributed by atoms with E-state index in [1.807, 2.05) is 93.0 Å². The van der Waals surface area contributed by atoms with E-state index in [1.54, 1.807) is 17.5 Å². The van der Waals surface area contributed by atoms with Crippen LogP contribution in [-0.4, -0.2) is 134 Å². The molecule has 8 aromatic rings. The van der Waals surface area contributed by atoms with Crippen LogP contribution in [0.25, 0.3) is 56.2 Å². The second-order valence-electron chi connectivity index (χ2n) is 25.3. The lowest BCUT2D eigenvalue weighted by Gasteiger charge is -2.35. The average Bonchev–Trinajstić information content (AvgIpc) is 1.81. The molecule has 3 amide bonds. The summed E-state index contributed by atoms with van der Waals surface area (Å²) in [4.78, 5) is 62.0. The normalized spacial score (nSPS) is 16.6. The third-order valence-corrected chi connectivity index (χ3v) is 17.9. The van der Waals surface area contributed by atoms with E-state index in [4.69, 9.17) is 28.9 Å². The quantitative estimate of drug-likeness (QED) is 0.0296. The summed E-state index contributed by atoms with van der Waals surface area (Å²) in [6.07, 6.45) is 15.9. The fourth-order valence-corrected chi connectivity index (χ4v) is 12.4. The summed E-state index contributed by atoms with van der Waals surface area (Å²) in [5, 5.41) is 28.6. The predicted octanol–water partition coefficient (Wildman–Crippen LogP) is 11.8. The highest BCUT2D eigenvalue weighted by Crippen LogP contribution is 2.48. The highest BCUT2D eigenvalue weighted by molar-refractivity contribution is 7.13. The Balaban J connectivity index is 0.624. The van der Waals surface area contributed by atoms with Crippen LogP contribution in [0.1, 0.15) is 117 Å². The smallest absolute Gasteiger partial charge is 0.246 e. The maximum atomic E-state index is 14.1. The van der Waals surface area contributed by atoms with Crippen LogP contribution >= 0.6 is 11.3 Å². The number of carbonyl (C=O) groups excluding carboxylic acids is 3. The van der Waals surface area contributed by atoms with Crippen molar-refractivity contribution < 1.29 is 38.4 Å². The Morgan fingerprint density at radius 1 is 0.806 bits per heavy atom. The molecule has 0 spiro atoms. The van der Waals surface area contributed by atoms with Crippen LogP contribution in [0.5, 0.6) is 5.75 Å². The molecule has 93 heavy (non-hydrogen) atoms. The molecule has 0 bridgehead atoms. The summed E-state index contributed by atoms with van der Waals surface area (Å²) in [5.74, 6) is 1.05. The zero-order valence-electron chi connectivity index (χ0n) is 54.7. The molecular weight excluding hydrogens is 1190 g/mol. The molecule has 4 N–H and O–H groups in total. The number of nitrogens with one attached hydrogen (secondary N) is 3. The number of anilines is 1. The van der Waals surface area contributed by atoms with Crippen molar-refractivity contribution in [2.24, 2.45) is 11.3 Å². The lowest BCUT2D eigenvalue weighted by molar-refractivity contribution is -0.144. The number of ether oxygens (including phenoxy) is 4. The molecule has 0 radical (unpaired) electrons. The number of benzene rings is 3. The van der Waals surface area contributed by atoms with Crippen molar-refractivity contribution in [3.05, 3.63) is 166 Å². The van der Waals surface area contributed by atoms with Gasteiger partial charge < -0.3 is 44.9 Å². The van der Waals surface area contributed by atoms with Crippen LogP contribution < -0.4 is 20.7 Å². The van der Waals surface area contributed by atoms with E-state index < -0.39 is 29.5 Å². The van der Waals surface area contributed by atoms with E-state index in [0.29, 0.717) is 51.1 Å². The molecule has 19 nitrogen and oxygen atoms in total. The fourth-order valence-electron chi connectivity index (χ4n) is 11.6. The summed E-state index contributed by atoms with van der Waals surface area (Å²) in [5.41, 5.74) is 17.2. The number of rotatable bonds is 31. The summed E-state index contributed by atoms with van der Waals surface area (Å²) < 4.78 is 25.4. The SMILES string of the molecule is CCCOc1cc(NCCCn2cc(COCCOCCOCCC(=O)N[C@H](C(=O)N3C[C@H](O)C[C@H]3C(=O)NCc3ccc(-c4scnc4C)cc3)C(C)(C)C)nn2)ccc1-c1ncc(-c2ncc(-c3cccnc3)cc2/C=C/c2ccc(C3C[C@H]3C)c(C)c2)cc1C. The lowest BCUT2D eigenvalue weighted by atomic mass is 9.85. The molecule has 1 saturated heterocycles. The Bertz CT molecular complexity index is 3850. The molecule has 6 heterocycles. The minimum atomic E-state index is -0.937. The Hall–Kier alpha value is -8.53. The number of pyridine rings is 3. The molecule has 5 atom stereocenters. The van der Waals surface area contributed by atoms with E-state index in [0.717, 1.165) is 102 Å². The van der Waals surface area contributed by atoms with Crippen LogP contribution in [0.2, 0.25) is 0 Å². The highest BCUT2D eigenvalue weighted by Gasteiger charge is 2.44. The number of aliphatic hydroxyl groups excluding tert-OH is 1.